The van der Waals surface area contributed by atoms with Crippen LogP contribution in [0, 0.1) is 11.3 Å². The molecule has 0 aliphatic heterocycles. The van der Waals surface area contributed by atoms with Gasteiger partial charge in [-0.3, -0.25) is 9.78 Å². The van der Waals surface area contributed by atoms with Crippen LogP contribution < -0.4 is 4.74 Å². The lowest BCUT2D eigenvalue weighted by atomic mass is 9.99. The molecule has 2 heterocycles. The number of thiophene rings is 1. The molecule has 0 aliphatic rings. The number of hydrogen-bond acceptors (Lipinski definition) is 5. The van der Waals surface area contributed by atoms with Crippen LogP contribution in [0.5, 0.6) is 5.75 Å². The van der Waals surface area contributed by atoms with E-state index in [1.807, 2.05) is 30.3 Å². The molecule has 1 atom stereocenters. The fourth-order valence-electron chi connectivity index (χ4n) is 2.27. The third-order valence-corrected chi connectivity index (χ3v) is 4.29. The smallest absolute Gasteiger partial charge is 0.199 e. The van der Waals surface area contributed by atoms with Crippen LogP contribution in [0.15, 0.2) is 47.8 Å². The van der Waals surface area contributed by atoms with Crippen LogP contribution in [0.2, 0.25) is 0 Å². The van der Waals surface area contributed by atoms with Crippen molar-refractivity contribution in [3.8, 4) is 11.8 Å². The van der Waals surface area contributed by atoms with Gasteiger partial charge in [-0.25, -0.2) is 0 Å². The number of nitriles is 1. The van der Waals surface area contributed by atoms with Gasteiger partial charge in [-0.2, -0.15) is 5.26 Å². The normalized spacial score (nSPS) is 11.8. The van der Waals surface area contributed by atoms with Gasteiger partial charge in [-0.1, -0.05) is 24.3 Å². The van der Waals surface area contributed by atoms with E-state index in [1.54, 1.807) is 17.5 Å². The molecule has 4 nitrogen and oxygen atoms in total. The first-order valence-corrected chi connectivity index (χ1v) is 7.53. The number of methoxy groups -OCH3 is 1. The summed E-state index contributed by atoms with van der Waals surface area (Å²) in [6.45, 7) is 0. The van der Waals surface area contributed by atoms with E-state index in [2.05, 4.69) is 11.1 Å². The Balaban J connectivity index is 2.03. The molecule has 1 aromatic carbocycles. The molecule has 0 saturated carbocycles. The number of nitrogens with zero attached hydrogens (tertiary/aromatic N) is 2. The first kappa shape index (κ1) is 14.2. The number of aromatic nitrogens is 1. The molecule has 0 amide bonds. The summed E-state index contributed by atoms with van der Waals surface area (Å²) in [5, 5.41) is 12.2. The van der Waals surface area contributed by atoms with Crippen molar-refractivity contribution in [2.75, 3.05) is 7.11 Å². The summed E-state index contributed by atoms with van der Waals surface area (Å²) >= 11 is 1.27. The number of rotatable bonds is 4. The van der Waals surface area contributed by atoms with Gasteiger partial charge in [-0.15, -0.1) is 11.3 Å². The summed E-state index contributed by atoms with van der Waals surface area (Å²) in [5.41, 5.74) is 1.23. The summed E-state index contributed by atoms with van der Waals surface area (Å²) in [6, 6.07) is 15.0. The quantitative estimate of drug-likeness (QED) is 0.688. The summed E-state index contributed by atoms with van der Waals surface area (Å²) in [4.78, 5) is 17.5. The fourth-order valence-corrected chi connectivity index (χ4v) is 3.10. The molecule has 5 heteroatoms. The van der Waals surface area contributed by atoms with E-state index in [9.17, 15) is 10.1 Å². The van der Waals surface area contributed by atoms with E-state index in [0.717, 1.165) is 10.9 Å². The van der Waals surface area contributed by atoms with Crippen LogP contribution in [-0.4, -0.2) is 17.9 Å². The second-order valence-electron chi connectivity index (χ2n) is 4.67. The topological polar surface area (TPSA) is 63.0 Å². The van der Waals surface area contributed by atoms with E-state index in [4.69, 9.17) is 4.74 Å². The molecule has 2 aromatic heterocycles. The van der Waals surface area contributed by atoms with Gasteiger partial charge < -0.3 is 4.74 Å². The van der Waals surface area contributed by atoms with Crippen molar-refractivity contribution in [2.45, 2.75) is 5.92 Å². The van der Waals surface area contributed by atoms with Crippen LogP contribution in [0.25, 0.3) is 10.9 Å². The Kier molecular flexibility index (Phi) is 3.86. The first-order valence-electron chi connectivity index (χ1n) is 6.65. The fraction of sp³-hybridized carbons (Fsp3) is 0.118. The standard InChI is InChI=1S/C17H12N2O2S/c1-21-15-8-9-22-17(15)16(20)12(10-18)14-7-6-11-4-2-3-5-13(11)19-14/h2-9,12H,1H3. The number of hydrogen-bond donors (Lipinski definition) is 0. The van der Waals surface area contributed by atoms with Gasteiger partial charge >= 0.3 is 0 Å². The molecular formula is C17H12N2O2S. The Morgan fingerprint density at radius 1 is 1.27 bits per heavy atom. The number of carbonyl (C=O) groups is 1. The predicted molar refractivity (Wildman–Crippen MR) is 85.3 cm³/mol. The predicted octanol–water partition coefficient (Wildman–Crippen LogP) is 3.79. The van der Waals surface area contributed by atoms with Crippen LogP contribution >= 0.6 is 11.3 Å². The van der Waals surface area contributed by atoms with Crippen LogP contribution in [0.1, 0.15) is 21.3 Å². The van der Waals surface area contributed by atoms with Crippen molar-refractivity contribution < 1.29 is 9.53 Å². The van der Waals surface area contributed by atoms with Crippen LogP contribution in [0.4, 0.5) is 0 Å². The molecule has 3 rings (SSSR count). The van der Waals surface area contributed by atoms with Gasteiger partial charge in [0.2, 0.25) is 0 Å². The third kappa shape index (κ3) is 2.45. The summed E-state index contributed by atoms with van der Waals surface area (Å²) in [5.74, 6) is -0.717. The highest BCUT2D eigenvalue weighted by molar-refractivity contribution is 7.12. The summed E-state index contributed by atoms with van der Waals surface area (Å²) in [6.07, 6.45) is 0. The Bertz CT molecular complexity index is 879. The van der Waals surface area contributed by atoms with Gasteiger partial charge in [0.1, 0.15) is 10.6 Å². The zero-order valence-electron chi connectivity index (χ0n) is 11.8. The van der Waals surface area contributed by atoms with E-state index in [0.29, 0.717) is 16.3 Å². The lowest BCUT2D eigenvalue weighted by Gasteiger charge is -2.09. The second kappa shape index (κ2) is 5.96. The SMILES string of the molecule is COc1ccsc1C(=O)C(C#N)c1ccc2ccccc2n1. The summed E-state index contributed by atoms with van der Waals surface area (Å²) < 4.78 is 5.17. The van der Waals surface area contributed by atoms with Crippen molar-refractivity contribution in [3.05, 3.63) is 58.4 Å². The molecular weight excluding hydrogens is 296 g/mol. The van der Waals surface area contributed by atoms with E-state index in [1.165, 1.54) is 18.4 Å². The monoisotopic (exact) mass is 308 g/mol. The molecule has 1 unspecified atom stereocenters. The molecule has 0 fully saturated rings. The summed E-state index contributed by atoms with van der Waals surface area (Å²) in [7, 11) is 1.51. The maximum absolute atomic E-state index is 12.6. The number of ether oxygens (including phenoxy) is 1. The van der Waals surface area contributed by atoms with E-state index >= 15 is 0 Å². The van der Waals surface area contributed by atoms with Gasteiger partial charge in [0.25, 0.3) is 0 Å². The molecule has 0 spiro atoms. The van der Waals surface area contributed by atoms with Crippen molar-refractivity contribution in [1.29, 1.82) is 5.26 Å². The number of para-hydroxylation sites is 1. The number of carbonyl (C=O) groups excluding carboxylic acids is 1. The molecule has 0 bridgehead atoms. The van der Waals surface area contributed by atoms with Crippen molar-refractivity contribution in [2.24, 2.45) is 0 Å². The number of ketones is 1. The highest BCUT2D eigenvalue weighted by Gasteiger charge is 2.27. The van der Waals surface area contributed by atoms with Crippen LogP contribution in [-0.2, 0) is 0 Å². The average molecular weight is 308 g/mol. The molecule has 108 valence electrons. The third-order valence-electron chi connectivity index (χ3n) is 3.38. The lowest BCUT2D eigenvalue weighted by Crippen LogP contribution is -2.12. The van der Waals surface area contributed by atoms with E-state index in [-0.39, 0.29) is 5.78 Å². The largest absolute Gasteiger partial charge is 0.495 e. The minimum absolute atomic E-state index is 0.280. The zero-order chi connectivity index (χ0) is 15.5. The van der Waals surface area contributed by atoms with Crippen molar-refractivity contribution in [1.82, 2.24) is 4.98 Å². The van der Waals surface area contributed by atoms with Crippen molar-refractivity contribution >= 4 is 28.0 Å². The molecule has 3 aromatic rings. The highest BCUT2D eigenvalue weighted by Crippen LogP contribution is 2.30. The van der Waals surface area contributed by atoms with Gasteiger partial charge in [0, 0.05) is 5.39 Å². The number of Topliss-reactive ketones (excluding diaryl/α,β-unsaturated/α-hetero) is 1. The minimum atomic E-state index is -0.933. The maximum atomic E-state index is 12.6. The highest BCUT2D eigenvalue weighted by atomic mass is 32.1. The zero-order valence-corrected chi connectivity index (χ0v) is 12.6. The average Bonchev–Trinajstić information content (AvgIpc) is 3.04. The number of fused-ring (bicyclic) bond motifs is 1. The second-order valence-corrected chi connectivity index (χ2v) is 5.59. The van der Waals surface area contributed by atoms with Gasteiger partial charge in [-0.05, 0) is 23.6 Å². The molecule has 0 aliphatic carbocycles. The van der Waals surface area contributed by atoms with Gasteiger partial charge in [0.15, 0.2) is 11.7 Å². The number of benzene rings is 1. The number of pyridine rings is 1. The first-order chi connectivity index (χ1) is 10.7. The van der Waals surface area contributed by atoms with Crippen LogP contribution in [0.3, 0.4) is 0 Å². The van der Waals surface area contributed by atoms with Gasteiger partial charge in [0.05, 0.1) is 24.4 Å². The maximum Gasteiger partial charge on any atom is 0.199 e. The molecule has 22 heavy (non-hydrogen) atoms. The van der Waals surface area contributed by atoms with Crippen molar-refractivity contribution in [3.63, 3.8) is 0 Å². The Morgan fingerprint density at radius 2 is 2.09 bits per heavy atom. The minimum Gasteiger partial charge on any atom is -0.495 e. The molecule has 0 saturated heterocycles. The lowest BCUT2D eigenvalue weighted by molar-refractivity contribution is 0.0979. The molecule has 0 N–H and O–H groups in total. The Morgan fingerprint density at radius 3 is 2.86 bits per heavy atom. The Hall–Kier alpha value is -2.71. The van der Waals surface area contributed by atoms with E-state index < -0.39 is 5.92 Å². The molecule has 0 radical (unpaired) electrons. The Labute approximate surface area is 131 Å².